The van der Waals surface area contributed by atoms with Crippen LogP contribution >= 0.6 is 12.4 Å². The second kappa shape index (κ2) is 4.21. The van der Waals surface area contributed by atoms with Gasteiger partial charge in [0.15, 0.2) is 11.2 Å². The van der Waals surface area contributed by atoms with E-state index in [4.69, 9.17) is 0 Å². The van der Waals surface area contributed by atoms with Crippen molar-refractivity contribution in [2.45, 2.75) is 24.9 Å². The SMILES string of the molecule is Cc1noc(C2(C(F)(F)F)CCNC2)n1.Cl. The fourth-order valence-electron chi connectivity index (χ4n) is 1.73. The summed E-state index contributed by atoms with van der Waals surface area (Å²) in [4.78, 5) is 3.69. The minimum Gasteiger partial charge on any atom is -0.338 e. The number of aryl methyl sites for hydroxylation is 1. The van der Waals surface area contributed by atoms with Gasteiger partial charge in [-0.1, -0.05) is 5.16 Å². The molecule has 0 aliphatic carbocycles. The lowest BCUT2D eigenvalue weighted by Gasteiger charge is -2.26. The number of rotatable bonds is 1. The Balaban J connectivity index is 0.00000128. The largest absolute Gasteiger partial charge is 0.404 e. The van der Waals surface area contributed by atoms with E-state index in [1.54, 1.807) is 0 Å². The van der Waals surface area contributed by atoms with Gasteiger partial charge in [-0.3, -0.25) is 0 Å². The van der Waals surface area contributed by atoms with Gasteiger partial charge in [0.05, 0.1) is 0 Å². The van der Waals surface area contributed by atoms with Gasteiger partial charge in [-0.15, -0.1) is 12.4 Å². The standard InChI is InChI=1S/C8H10F3N3O.ClH/c1-5-13-6(15-14-5)7(8(9,10)11)2-3-12-4-7;/h12H,2-4H2,1H3;1H. The quantitative estimate of drug-likeness (QED) is 0.830. The number of nitrogens with zero attached hydrogens (tertiary/aromatic N) is 2. The van der Waals surface area contributed by atoms with Crippen molar-refractivity contribution >= 4 is 12.4 Å². The smallest absolute Gasteiger partial charge is 0.338 e. The highest BCUT2D eigenvalue weighted by atomic mass is 35.5. The van der Waals surface area contributed by atoms with Gasteiger partial charge in [-0.25, -0.2) is 0 Å². The van der Waals surface area contributed by atoms with Crippen molar-refractivity contribution in [2.75, 3.05) is 13.1 Å². The van der Waals surface area contributed by atoms with E-state index in [-0.39, 0.29) is 37.1 Å². The fourth-order valence-corrected chi connectivity index (χ4v) is 1.73. The molecule has 1 aliphatic heterocycles. The highest BCUT2D eigenvalue weighted by Crippen LogP contribution is 2.44. The molecule has 0 aromatic carbocycles. The molecule has 0 bridgehead atoms. The molecule has 1 saturated heterocycles. The molecule has 0 radical (unpaired) electrons. The van der Waals surface area contributed by atoms with Crippen LogP contribution in [0, 0.1) is 6.92 Å². The third-order valence-corrected chi connectivity index (χ3v) is 2.63. The molecule has 92 valence electrons. The fraction of sp³-hybridized carbons (Fsp3) is 0.750. The summed E-state index contributed by atoms with van der Waals surface area (Å²) >= 11 is 0. The normalized spacial score (nSPS) is 25.5. The minimum atomic E-state index is -4.37. The average Bonchev–Trinajstić information content (AvgIpc) is 2.69. The maximum Gasteiger partial charge on any atom is 0.404 e. The molecule has 1 N–H and O–H groups in total. The number of halogens is 4. The van der Waals surface area contributed by atoms with Gasteiger partial charge in [0.25, 0.3) is 0 Å². The summed E-state index contributed by atoms with van der Waals surface area (Å²) in [6.07, 6.45) is -4.42. The van der Waals surface area contributed by atoms with Crippen molar-refractivity contribution in [2.24, 2.45) is 0 Å². The molecule has 0 spiro atoms. The first-order valence-corrected chi connectivity index (χ1v) is 4.54. The van der Waals surface area contributed by atoms with Crippen LogP contribution in [0.5, 0.6) is 0 Å². The van der Waals surface area contributed by atoms with Crippen LogP contribution in [0.3, 0.4) is 0 Å². The van der Waals surface area contributed by atoms with Crippen LogP contribution in [-0.2, 0) is 5.41 Å². The van der Waals surface area contributed by atoms with Crippen LogP contribution in [0.2, 0.25) is 0 Å². The molecule has 2 heterocycles. The number of aromatic nitrogens is 2. The lowest BCUT2D eigenvalue weighted by Crippen LogP contribution is -2.44. The molecule has 16 heavy (non-hydrogen) atoms. The highest BCUT2D eigenvalue weighted by molar-refractivity contribution is 5.85. The van der Waals surface area contributed by atoms with E-state index in [2.05, 4.69) is 20.0 Å². The topological polar surface area (TPSA) is 51.0 Å². The average molecular weight is 258 g/mol. The Kier molecular flexibility index (Phi) is 3.49. The molecule has 8 heteroatoms. The molecule has 2 rings (SSSR count). The Labute approximate surface area is 96.0 Å². The lowest BCUT2D eigenvalue weighted by atomic mass is 9.86. The Morgan fingerprint density at radius 2 is 2.12 bits per heavy atom. The molecule has 1 aromatic heterocycles. The van der Waals surface area contributed by atoms with Crippen LogP contribution in [0.4, 0.5) is 13.2 Å². The Morgan fingerprint density at radius 3 is 2.50 bits per heavy atom. The minimum absolute atomic E-state index is 0. The van der Waals surface area contributed by atoms with Gasteiger partial charge in [-0.05, 0) is 19.9 Å². The molecule has 0 saturated carbocycles. The number of hydrogen-bond donors (Lipinski definition) is 1. The van der Waals surface area contributed by atoms with E-state index in [1.165, 1.54) is 6.92 Å². The molecule has 1 aromatic rings. The van der Waals surface area contributed by atoms with Crippen LogP contribution in [0.1, 0.15) is 18.1 Å². The summed E-state index contributed by atoms with van der Waals surface area (Å²) in [5.74, 6) is -0.113. The first-order valence-electron chi connectivity index (χ1n) is 4.54. The summed E-state index contributed by atoms with van der Waals surface area (Å²) in [6, 6.07) is 0. The van der Waals surface area contributed by atoms with Crippen molar-refractivity contribution in [3.63, 3.8) is 0 Å². The van der Waals surface area contributed by atoms with Crippen molar-refractivity contribution < 1.29 is 17.7 Å². The van der Waals surface area contributed by atoms with E-state index in [0.29, 0.717) is 6.54 Å². The van der Waals surface area contributed by atoms with Gasteiger partial charge in [0, 0.05) is 6.54 Å². The van der Waals surface area contributed by atoms with E-state index >= 15 is 0 Å². The van der Waals surface area contributed by atoms with E-state index < -0.39 is 11.6 Å². The second-order valence-electron chi connectivity index (χ2n) is 3.65. The van der Waals surface area contributed by atoms with Crippen LogP contribution in [-0.4, -0.2) is 29.4 Å². The van der Waals surface area contributed by atoms with Crippen molar-refractivity contribution in [1.82, 2.24) is 15.5 Å². The van der Waals surface area contributed by atoms with Crippen LogP contribution < -0.4 is 5.32 Å². The van der Waals surface area contributed by atoms with E-state index in [1.807, 2.05) is 0 Å². The Hall–Kier alpha value is -0.820. The Morgan fingerprint density at radius 1 is 1.44 bits per heavy atom. The number of hydrogen-bond acceptors (Lipinski definition) is 4. The number of alkyl halides is 3. The van der Waals surface area contributed by atoms with Gasteiger partial charge in [0.2, 0.25) is 5.89 Å². The summed E-state index contributed by atoms with van der Waals surface area (Å²) in [5.41, 5.74) is -2.01. The first-order chi connectivity index (χ1) is 6.96. The number of nitrogens with one attached hydrogen (secondary N) is 1. The van der Waals surface area contributed by atoms with Gasteiger partial charge in [-0.2, -0.15) is 18.2 Å². The zero-order chi connectivity index (χ0) is 11.1. The van der Waals surface area contributed by atoms with Crippen molar-refractivity contribution in [3.8, 4) is 0 Å². The van der Waals surface area contributed by atoms with E-state index in [0.717, 1.165) is 0 Å². The monoisotopic (exact) mass is 257 g/mol. The summed E-state index contributed by atoms with van der Waals surface area (Å²) in [6.45, 7) is 1.61. The summed E-state index contributed by atoms with van der Waals surface area (Å²) < 4.78 is 43.5. The highest BCUT2D eigenvalue weighted by Gasteiger charge is 2.61. The lowest BCUT2D eigenvalue weighted by molar-refractivity contribution is -0.191. The van der Waals surface area contributed by atoms with Gasteiger partial charge >= 0.3 is 6.18 Å². The zero-order valence-corrected chi connectivity index (χ0v) is 9.28. The maximum absolute atomic E-state index is 12.9. The summed E-state index contributed by atoms with van der Waals surface area (Å²) in [7, 11) is 0. The predicted octanol–water partition coefficient (Wildman–Crippen LogP) is 1.59. The van der Waals surface area contributed by atoms with Crippen LogP contribution in [0.15, 0.2) is 4.52 Å². The molecule has 4 nitrogen and oxygen atoms in total. The first kappa shape index (κ1) is 13.2. The molecule has 1 fully saturated rings. The van der Waals surface area contributed by atoms with Gasteiger partial charge < -0.3 is 9.84 Å². The predicted molar refractivity (Wildman–Crippen MR) is 51.5 cm³/mol. The molecular formula is C8H11ClF3N3O. The molecule has 1 atom stereocenters. The third-order valence-electron chi connectivity index (χ3n) is 2.63. The van der Waals surface area contributed by atoms with Crippen molar-refractivity contribution in [1.29, 1.82) is 0 Å². The van der Waals surface area contributed by atoms with E-state index in [9.17, 15) is 13.2 Å². The Bertz CT molecular complexity index is 360. The summed E-state index contributed by atoms with van der Waals surface area (Å²) in [5, 5.41) is 6.09. The molecule has 1 unspecified atom stereocenters. The van der Waals surface area contributed by atoms with Crippen LogP contribution in [0.25, 0.3) is 0 Å². The third kappa shape index (κ3) is 1.89. The molecule has 1 aliphatic rings. The molecule has 0 amide bonds. The molecular weight excluding hydrogens is 247 g/mol. The maximum atomic E-state index is 12.9. The second-order valence-corrected chi connectivity index (χ2v) is 3.65. The van der Waals surface area contributed by atoms with Crippen molar-refractivity contribution in [3.05, 3.63) is 11.7 Å². The van der Waals surface area contributed by atoms with Gasteiger partial charge in [0.1, 0.15) is 0 Å². The zero-order valence-electron chi connectivity index (χ0n) is 8.47.